The van der Waals surface area contributed by atoms with Gasteiger partial charge >= 0.3 is 29.2 Å². The summed E-state index contributed by atoms with van der Waals surface area (Å²) in [5, 5.41) is 0. The van der Waals surface area contributed by atoms with Gasteiger partial charge in [0.15, 0.2) is 12.0 Å². The fourth-order valence-electron chi connectivity index (χ4n) is 6.54. The molecule has 4 rings (SSSR count). The number of benzene rings is 2. The largest absolute Gasteiger partial charge is 0.490 e. The number of aryl methyl sites for hydroxylation is 1. The lowest BCUT2D eigenvalue weighted by Gasteiger charge is -2.22. The minimum Gasteiger partial charge on any atom is -0.344 e. The van der Waals surface area contributed by atoms with Crippen molar-refractivity contribution in [2.45, 2.75) is 143 Å². The first-order valence-electron chi connectivity index (χ1n) is 21.5. The maximum atomic E-state index is 14.0. The van der Waals surface area contributed by atoms with Crippen LogP contribution in [0.15, 0.2) is 76.5 Å². The van der Waals surface area contributed by atoms with Crippen LogP contribution in [0.5, 0.6) is 0 Å². The quantitative estimate of drug-likeness (QED) is 0.0236. The van der Waals surface area contributed by atoms with Gasteiger partial charge in [-0.3, -0.25) is 37.5 Å². The third kappa shape index (κ3) is 18.9. The van der Waals surface area contributed by atoms with E-state index in [0.29, 0.717) is 29.5 Å². The lowest BCUT2D eigenvalue weighted by Crippen LogP contribution is -2.33. The Hall–Kier alpha value is -3.43. The first-order chi connectivity index (χ1) is 30.0. The van der Waals surface area contributed by atoms with Crippen LogP contribution in [0, 0.1) is 6.92 Å². The van der Waals surface area contributed by atoms with Gasteiger partial charge in [-0.15, -0.1) is 0 Å². The van der Waals surface area contributed by atoms with E-state index in [1.807, 2.05) is 0 Å². The molecule has 0 amide bonds. The number of carbonyl (C=O) groups is 2. The summed E-state index contributed by atoms with van der Waals surface area (Å²) >= 11 is 0. The molecular formula is C43H61N2O15P3. The molecule has 17 nitrogen and oxygen atoms in total. The summed E-state index contributed by atoms with van der Waals surface area (Å²) in [5.41, 5.74) is 0.920. The standard InChI is InChI=1S/C43H61N2O15P3/c1-4-6-8-10-12-14-16-38(46)28-34-18-20-35(21-19-34)30-56-63(54,57-31-36-22-24-37(25-23-36)40(47)17-15-13-11-9-7-5-2)60-62(52,53)59-61(50,51)55-32-39-26-27-41(58-39)45-29-33(3)42(48)44-43(45)49/h18-27,29,39,41H,4-17,28,30-32H2,1-3H3,(H,50,51)(H,52,53)(H,44,48,49). The number of rotatable bonds is 31. The second kappa shape index (κ2) is 25.9. The number of H-pyrrole nitrogens is 1. The van der Waals surface area contributed by atoms with Crippen molar-refractivity contribution in [1.29, 1.82) is 0 Å². The average molecular weight is 939 g/mol. The topological polar surface area (TPSA) is 236 Å². The van der Waals surface area contributed by atoms with Crippen molar-refractivity contribution in [3.63, 3.8) is 0 Å². The smallest absolute Gasteiger partial charge is 0.344 e. The van der Waals surface area contributed by atoms with Crippen LogP contribution in [0.2, 0.25) is 0 Å². The fraction of sp³-hybridized carbons (Fsp3) is 0.535. The van der Waals surface area contributed by atoms with Crippen molar-refractivity contribution in [3.8, 4) is 0 Å². The molecule has 1 aliphatic rings. The Morgan fingerprint density at radius 3 is 1.84 bits per heavy atom. The number of nitrogens with zero attached hydrogens (tertiary/aromatic N) is 1. The summed E-state index contributed by atoms with van der Waals surface area (Å²) in [7, 11) is -16.3. The molecule has 5 atom stereocenters. The number of phosphoric ester groups is 2. The summed E-state index contributed by atoms with van der Waals surface area (Å²) in [5.74, 6) is 0.0705. The third-order valence-corrected chi connectivity index (χ3v) is 14.7. The van der Waals surface area contributed by atoms with E-state index in [0.717, 1.165) is 74.3 Å². The molecule has 3 aromatic rings. The number of aromatic amines is 1. The summed E-state index contributed by atoms with van der Waals surface area (Å²) in [6.45, 7) is 4.09. The van der Waals surface area contributed by atoms with Crippen LogP contribution in [0.25, 0.3) is 0 Å². The summed E-state index contributed by atoms with van der Waals surface area (Å²) in [4.78, 5) is 72.4. The lowest BCUT2D eigenvalue weighted by atomic mass is 10.0. The number of hydrogen-bond acceptors (Lipinski definition) is 13. The van der Waals surface area contributed by atoms with E-state index in [1.165, 1.54) is 38.1 Å². The predicted octanol–water partition coefficient (Wildman–Crippen LogP) is 9.89. The normalized spacial score (nSPS) is 17.9. The van der Waals surface area contributed by atoms with E-state index in [-0.39, 0.29) is 23.6 Å². The molecular weight excluding hydrogens is 877 g/mol. The zero-order valence-electron chi connectivity index (χ0n) is 36.2. The predicted molar refractivity (Wildman–Crippen MR) is 236 cm³/mol. The molecule has 3 N–H and O–H groups in total. The molecule has 20 heteroatoms. The Kier molecular flexibility index (Phi) is 21.5. The van der Waals surface area contributed by atoms with Gasteiger partial charge in [0.1, 0.15) is 11.9 Å². The molecule has 63 heavy (non-hydrogen) atoms. The molecule has 0 aliphatic carbocycles. The van der Waals surface area contributed by atoms with Crippen LogP contribution < -0.4 is 11.2 Å². The zero-order valence-corrected chi connectivity index (χ0v) is 38.9. The first kappa shape index (κ1) is 52.2. The number of phosphoric acid groups is 3. The van der Waals surface area contributed by atoms with E-state index in [9.17, 15) is 42.7 Å². The van der Waals surface area contributed by atoms with Crippen molar-refractivity contribution < 1.29 is 60.0 Å². The highest BCUT2D eigenvalue weighted by Gasteiger charge is 2.44. The Balaban J connectivity index is 1.37. The maximum absolute atomic E-state index is 14.0. The maximum Gasteiger partial charge on any atom is 0.490 e. The number of carbonyl (C=O) groups excluding carboxylic acids is 2. The number of Topliss-reactive ketones (excluding diaryl/α,β-unsaturated/α-hetero) is 2. The Morgan fingerprint density at radius 2 is 1.24 bits per heavy atom. The van der Waals surface area contributed by atoms with Gasteiger partial charge < -0.3 is 14.5 Å². The minimum absolute atomic E-state index is 0.0350. The van der Waals surface area contributed by atoms with Crippen LogP contribution in [-0.2, 0) is 65.1 Å². The summed E-state index contributed by atoms with van der Waals surface area (Å²) in [6.07, 6.45) is 15.8. The SMILES string of the molecule is CCCCCCCCC(=O)Cc1ccc(COP(=O)(OCc2ccc(C(=O)CCCCCCCC)cc2)OP(=O)(O)OP(=O)(O)OCC2C=CC(n3cc(C)c(=O)[nH]c3=O)O2)cc1. The van der Waals surface area contributed by atoms with Gasteiger partial charge in [0, 0.05) is 36.6 Å². The van der Waals surface area contributed by atoms with E-state index in [2.05, 4.69) is 23.1 Å². The van der Waals surface area contributed by atoms with Gasteiger partial charge in [0.05, 0.1) is 19.8 Å². The van der Waals surface area contributed by atoms with Crippen molar-refractivity contribution >= 4 is 35.0 Å². The Bertz CT molecular complexity index is 2220. The number of ether oxygens (including phenoxy) is 1. The number of aromatic nitrogens is 2. The third-order valence-electron chi connectivity index (χ3n) is 10.1. The van der Waals surface area contributed by atoms with E-state index >= 15 is 0 Å². The Labute approximate surface area is 368 Å². The van der Waals surface area contributed by atoms with Crippen molar-refractivity contribution in [1.82, 2.24) is 9.55 Å². The van der Waals surface area contributed by atoms with Gasteiger partial charge in [0.2, 0.25) is 0 Å². The zero-order chi connectivity index (χ0) is 45.9. The van der Waals surface area contributed by atoms with Crippen molar-refractivity contribution in [2.75, 3.05) is 6.61 Å². The van der Waals surface area contributed by atoms with Gasteiger partial charge in [-0.1, -0.05) is 133 Å². The molecule has 0 saturated carbocycles. The summed E-state index contributed by atoms with van der Waals surface area (Å²) in [6, 6.07) is 12.9. The monoisotopic (exact) mass is 938 g/mol. The summed E-state index contributed by atoms with van der Waals surface area (Å²) < 4.78 is 71.8. The molecule has 0 bridgehead atoms. The number of hydrogen-bond donors (Lipinski definition) is 3. The van der Waals surface area contributed by atoms with Gasteiger partial charge in [0.25, 0.3) is 5.56 Å². The van der Waals surface area contributed by atoms with Crippen LogP contribution in [-0.4, -0.2) is 43.6 Å². The highest BCUT2D eigenvalue weighted by molar-refractivity contribution is 7.67. The van der Waals surface area contributed by atoms with Gasteiger partial charge in [-0.05, 0) is 42.5 Å². The van der Waals surface area contributed by atoms with Gasteiger partial charge in [-0.2, -0.15) is 8.62 Å². The minimum atomic E-state index is -5.77. The van der Waals surface area contributed by atoms with Crippen LogP contribution >= 0.6 is 23.5 Å². The molecule has 2 aromatic carbocycles. The van der Waals surface area contributed by atoms with E-state index in [4.69, 9.17) is 22.6 Å². The second-order valence-electron chi connectivity index (χ2n) is 15.5. The lowest BCUT2D eigenvalue weighted by molar-refractivity contribution is -0.118. The first-order valence-corrected chi connectivity index (χ1v) is 25.9. The molecule has 1 aliphatic heterocycles. The molecule has 0 spiro atoms. The number of ketones is 2. The fourth-order valence-corrected chi connectivity index (χ4v) is 10.6. The Morgan fingerprint density at radius 1 is 0.698 bits per heavy atom. The van der Waals surface area contributed by atoms with Crippen molar-refractivity contribution in [3.05, 3.63) is 116 Å². The van der Waals surface area contributed by atoms with Crippen molar-refractivity contribution in [2.24, 2.45) is 0 Å². The molecule has 5 unspecified atom stereocenters. The number of nitrogens with one attached hydrogen (secondary N) is 1. The molecule has 1 aromatic heterocycles. The molecule has 0 radical (unpaired) electrons. The molecule has 0 saturated heterocycles. The van der Waals surface area contributed by atoms with Crippen LogP contribution in [0.1, 0.15) is 143 Å². The van der Waals surface area contributed by atoms with E-state index in [1.54, 1.807) is 48.5 Å². The molecule has 348 valence electrons. The second-order valence-corrected chi connectivity index (χ2v) is 20.4. The highest BCUT2D eigenvalue weighted by Crippen LogP contribution is 2.69. The molecule has 0 fully saturated rings. The number of unbranched alkanes of at least 4 members (excludes halogenated alkanes) is 10. The molecule has 2 heterocycles. The van der Waals surface area contributed by atoms with Crippen LogP contribution in [0.3, 0.4) is 0 Å². The van der Waals surface area contributed by atoms with Crippen LogP contribution in [0.4, 0.5) is 0 Å². The average Bonchev–Trinajstić information content (AvgIpc) is 3.71. The van der Waals surface area contributed by atoms with Gasteiger partial charge in [-0.25, -0.2) is 18.5 Å². The highest BCUT2D eigenvalue weighted by atomic mass is 31.3. The van der Waals surface area contributed by atoms with E-state index < -0.39 is 66.9 Å².